The van der Waals surface area contributed by atoms with E-state index >= 15 is 0 Å². The van der Waals surface area contributed by atoms with Crippen molar-refractivity contribution in [2.45, 2.75) is 26.0 Å². The van der Waals surface area contributed by atoms with Crippen LogP contribution in [0.5, 0.6) is 17.4 Å². The van der Waals surface area contributed by atoms with E-state index in [1.54, 1.807) is 49.3 Å². The molecule has 3 heterocycles. The first-order valence-electron chi connectivity index (χ1n) is 13.4. The fourth-order valence-corrected chi connectivity index (χ4v) is 4.60. The van der Waals surface area contributed by atoms with Crippen molar-refractivity contribution >= 4 is 17.6 Å². The molecule has 2 aromatic carbocycles. The molecule has 1 aromatic heterocycles. The number of likely N-dealkylation sites (N-methyl/N-ethyl adjacent to an activating group) is 1. The van der Waals surface area contributed by atoms with Crippen LogP contribution in [0.2, 0.25) is 0 Å². The Morgan fingerprint density at radius 1 is 1.15 bits per heavy atom. The standard InChI is InChI=1S/C31H32N4O6/c1-20-16-35(21(2)18-36)30(37)25-13-23(10-9-22-7-5-4-6-8-22)15-32-29(25)41-28(20)17-34(3)31(38)33-24-11-12-26-27(14-24)40-19-39-26/h4-8,11-15,20-21,28,36H,16-19H2,1-3H3,(H,33,38)/t20-,21+,28-/m0/s1. The maximum absolute atomic E-state index is 13.6. The van der Waals surface area contributed by atoms with Crippen LogP contribution < -0.4 is 19.5 Å². The lowest BCUT2D eigenvalue weighted by Gasteiger charge is -2.37. The van der Waals surface area contributed by atoms with Crippen LogP contribution in [0.1, 0.15) is 35.3 Å². The maximum Gasteiger partial charge on any atom is 0.321 e. The van der Waals surface area contributed by atoms with Crippen LogP contribution in [-0.2, 0) is 0 Å². The first-order chi connectivity index (χ1) is 19.8. The van der Waals surface area contributed by atoms with Crippen LogP contribution in [0, 0.1) is 17.8 Å². The van der Waals surface area contributed by atoms with Crippen molar-refractivity contribution in [3.8, 4) is 29.2 Å². The normalized spacial score (nSPS) is 18.1. The van der Waals surface area contributed by atoms with Crippen LogP contribution >= 0.6 is 0 Å². The Kier molecular flexibility index (Phi) is 8.26. The number of carbonyl (C=O) groups excluding carboxylic acids is 2. The number of amides is 3. The lowest BCUT2D eigenvalue weighted by molar-refractivity contribution is 0.0356. The van der Waals surface area contributed by atoms with E-state index in [9.17, 15) is 14.7 Å². The second-order valence-electron chi connectivity index (χ2n) is 10.2. The van der Waals surface area contributed by atoms with E-state index < -0.39 is 12.1 Å². The number of aliphatic hydroxyl groups is 1. The van der Waals surface area contributed by atoms with Crippen LogP contribution in [0.15, 0.2) is 60.8 Å². The number of hydrogen-bond acceptors (Lipinski definition) is 7. The number of hydrogen-bond donors (Lipinski definition) is 2. The quantitative estimate of drug-likeness (QED) is 0.462. The molecule has 41 heavy (non-hydrogen) atoms. The van der Waals surface area contributed by atoms with Crippen molar-refractivity contribution in [1.82, 2.24) is 14.8 Å². The molecular weight excluding hydrogens is 524 g/mol. The molecule has 0 unspecified atom stereocenters. The van der Waals surface area contributed by atoms with E-state index in [1.165, 1.54) is 4.90 Å². The number of aliphatic hydroxyl groups excluding tert-OH is 1. The second-order valence-corrected chi connectivity index (χ2v) is 10.2. The van der Waals surface area contributed by atoms with Gasteiger partial charge >= 0.3 is 6.03 Å². The molecule has 3 atom stereocenters. The summed E-state index contributed by atoms with van der Waals surface area (Å²) < 4.78 is 17.0. The average Bonchev–Trinajstić information content (AvgIpc) is 3.46. The highest BCUT2D eigenvalue weighted by Crippen LogP contribution is 2.34. The van der Waals surface area contributed by atoms with Gasteiger partial charge in [0.25, 0.3) is 5.91 Å². The summed E-state index contributed by atoms with van der Waals surface area (Å²) in [6.45, 7) is 4.24. The van der Waals surface area contributed by atoms with Crippen LogP contribution in [0.4, 0.5) is 10.5 Å². The lowest BCUT2D eigenvalue weighted by Crippen LogP contribution is -2.50. The van der Waals surface area contributed by atoms with Gasteiger partial charge in [-0.15, -0.1) is 0 Å². The van der Waals surface area contributed by atoms with Gasteiger partial charge in [0.05, 0.1) is 19.2 Å². The second kappa shape index (κ2) is 12.2. The Balaban J connectivity index is 1.37. The molecule has 5 rings (SSSR count). The summed E-state index contributed by atoms with van der Waals surface area (Å²) in [6.07, 6.45) is 1.08. The third kappa shape index (κ3) is 6.36. The average molecular weight is 557 g/mol. The molecule has 0 radical (unpaired) electrons. The number of nitrogens with zero attached hydrogens (tertiary/aromatic N) is 3. The van der Waals surface area contributed by atoms with Gasteiger partial charge in [-0.05, 0) is 37.3 Å². The summed E-state index contributed by atoms with van der Waals surface area (Å²) in [5.74, 6) is 7.04. The Bertz CT molecular complexity index is 1480. The summed E-state index contributed by atoms with van der Waals surface area (Å²) in [5.41, 5.74) is 2.23. The fraction of sp³-hybridized carbons (Fsp3) is 0.323. The van der Waals surface area contributed by atoms with Crippen molar-refractivity contribution in [2.75, 3.05) is 38.9 Å². The third-order valence-electron chi connectivity index (χ3n) is 7.07. The molecule has 2 aliphatic rings. The summed E-state index contributed by atoms with van der Waals surface area (Å²) in [4.78, 5) is 34.3. The van der Waals surface area contributed by atoms with Crippen LogP contribution in [-0.4, -0.2) is 77.5 Å². The van der Waals surface area contributed by atoms with Crippen molar-refractivity contribution in [3.05, 3.63) is 77.5 Å². The molecule has 0 fully saturated rings. The third-order valence-corrected chi connectivity index (χ3v) is 7.07. The molecule has 3 aromatic rings. The van der Waals surface area contributed by atoms with E-state index in [2.05, 4.69) is 22.1 Å². The molecule has 3 amide bonds. The van der Waals surface area contributed by atoms with Gasteiger partial charge in [-0.1, -0.05) is 37.0 Å². The number of benzene rings is 2. The van der Waals surface area contributed by atoms with Gasteiger partial charge in [0.1, 0.15) is 11.7 Å². The van der Waals surface area contributed by atoms with Crippen molar-refractivity contribution in [1.29, 1.82) is 0 Å². The molecule has 0 aliphatic carbocycles. The topological polar surface area (TPSA) is 113 Å². The number of urea groups is 1. The lowest BCUT2D eigenvalue weighted by atomic mass is 10.00. The van der Waals surface area contributed by atoms with E-state index in [4.69, 9.17) is 14.2 Å². The highest BCUT2D eigenvalue weighted by atomic mass is 16.7. The summed E-state index contributed by atoms with van der Waals surface area (Å²) in [7, 11) is 1.67. The number of aromatic nitrogens is 1. The molecule has 0 saturated carbocycles. The molecule has 0 bridgehead atoms. The molecule has 0 spiro atoms. The minimum atomic E-state index is -0.489. The molecule has 2 N–H and O–H groups in total. The van der Waals surface area contributed by atoms with Gasteiger partial charge in [0, 0.05) is 48.6 Å². The summed E-state index contributed by atoms with van der Waals surface area (Å²) in [5, 5.41) is 12.8. The van der Waals surface area contributed by atoms with Crippen molar-refractivity contribution in [2.24, 2.45) is 5.92 Å². The smallest absolute Gasteiger partial charge is 0.321 e. The highest BCUT2D eigenvalue weighted by molar-refractivity contribution is 5.97. The first kappa shape index (κ1) is 27.8. The number of anilines is 1. The Morgan fingerprint density at radius 3 is 2.68 bits per heavy atom. The van der Waals surface area contributed by atoms with Gasteiger partial charge < -0.3 is 34.4 Å². The van der Waals surface area contributed by atoms with Crippen LogP contribution in [0.3, 0.4) is 0 Å². The number of nitrogens with one attached hydrogen (secondary N) is 1. The number of pyridine rings is 1. The van der Waals surface area contributed by atoms with Crippen molar-refractivity contribution < 1.29 is 28.9 Å². The summed E-state index contributed by atoms with van der Waals surface area (Å²) in [6, 6.07) is 15.6. The zero-order valence-corrected chi connectivity index (χ0v) is 23.2. The predicted octanol–water partition coefficient (Wildman–Crippen LogP) is 3.59. The number of ether oxygens (including phenoxy) is 3. The SMILES string of the molecule is C[C@H](CO)N1C[C@H](C)[C@H](CN(C)C(=O)Nc2ccc3c(c2)OCO3)Oc2ncc(C#Cc3ccccc3)cc2C1=O. The summed E-state index contributed by atoms with van der Waals surface area (Å²) >= 11 is 0. The Hall–Kier alpha value is -4.75. The zero-order chi connectivity index (χ0) is 28.9. The predicted molar refractivity (Wildman–Crippen MR) is 152 cm³/mol. The van der Waals surface area contributed by atoms with Gasteiger partial charge in [0.2, 0.25) is 12.7 Å². The van der Waals surface area contributed by atoms with Gasteiger partial charge in [-0.3, -0.25) is 4.79 Å². The van der Waals surface area contributed by atoms with E-state index in [0.29, 0.717) is 29.3 Å². The molecule has 0 saturated heterocycles. The molecule has 10 heteroatoms. The monoisotopic (exact) mass is 556 g/mol. The Labute approximate surface area is 238 Å². The van der Waals surface area contributed by atoms with Gasteiger partial charge in [-0.25, -0.2) is 9.78 Å². The van der Waals surface area contributed by atoms with Crippen molar-refractivity contribution in [3.63, 3.8) is 0 Å². The number of carbonyl (C=O) groups is 2. The molecular formula is C31H32N4O6. The number of rotatable bonds is 5. The molecule has 10 nitrogen and oxygen atoms in total. The van der Waals surface area contributed by atoms with Gasteiger partial charge in [-0.2, -0.15) is 0 Å². The van der Waals surface area contributed by atoms with E-state index in [-0.39, 0.29) is 49.2 Å². The Morgan fingerprint density at radius 2 is 1.90 bits per heavy atom. The maximum atomic E-state index is 13.6. The van der Waals surface area contributed by atoms with Crippen LogP contribution in [0.25, 0.3) is 0 Å². The van der Waals surface area contributed by atoms with Gasteiger partial charge in [0.15, 0.2) is 11.5 Å². The molecule has 212 valence electrons. The first-order valence-corrected chi connectivity index (χ1v) is 13.4. The molecule has 2 aliphatic heterocycles. The zero-order valence-electron chi connectivity index (χ0n) is 23.2. The fourth-order valence-electron chi connectivity index (χ4n) is 4.60. The largest absolute Gasteiger partial charge is 0.472 e. The van der Waals surface area contributed by atoms with E-state index in [1.807, 2.05) is 37.3 Å². The number of fused-ring (bicyclic) bond motifs is 2. The highest BCUT2D eigenvalue weighted by Gasteiger charge is 2.34. The minimum absolute atomic E-state index is 0.147. The minimum Gasteiger partial charge on any atom is -0.472 e. The van der Waals surface area contributed by atoms with E-state index in [0.717, 1.165) is 5.56 Å².